The molecule has 0 amide bonds. The predicted octanol–water partition coefficient (Wildman–Crippen LogP) is 1.86. The molecule has 2 aliphatic heterocycles. The summed E-state index contributed by atoms with van der Waals surface area (Å²) in [7, 11) is 0. The van der Waals surface area contributed by atoms with Gasteiger partial charge in [-0.15, -0.1) is 0 Å². The number of rotatable bonds is 3. The van der Waals surface area contributed by atoms with E-state index in [4.69, 9.17) is 4.52 Å². The van der Waals surface area contributed by atoms with Crippen LogP contribution >= 0.6 is 0 Å². The number of likely N-dealkylation sites (tertiary alicyclic amines) is 1. The van der Waals surface area contributed by atoms with Crippen LogP contribution in [0.15, 0.2) is 15.4 Å². The van der Waals surface area contributed by atoms with Crippen molar-refractivity contribution in [1.29, 1.82) is 0 Å². The Morgan fingerprint density at radius 2 is 2.17 bits per heavy atom. The minimum atomic E-state index is 0.0290. The number of aryl methyl sites for hydroxylation is 2. The molecule has 0 spiro atoms. The molecule has 0 bridgehead atoms. The summed E-state index contributed by atoms with van der Waals surface area (Å²) in [6.45, 7) is 4.23. The first-order valence-corrected chi connectivity index (χ1v) is 8.56. The van der Waals surface area contributed by atoms with Gasteiger partial charge in [-0.2, -0.15) is 9.78 Å². The summed E-state index contributed by atoms with van der Waals surface area (Å²) in [6.07, 6.45) is 6.43. The molecule has 0 aliphatic carbocycles. The fraction of sp³-hybridized carbons (Fsp3) is 0.688. The first-order chi connectivity index (χ1) is 11.2. The second kappa shape index (κ2) is 5.96. The maximum atomic E-state index is 12.6. The molecule has 1 atom stereocenters. The molecule has 7 heteroatoms. The average molecular weight is 317 g/mol. The van der Waals surface area contributed by atoms with Crippen molar-refractivity contribution in [3.63, 3.8) is 0 Å². The van der Waals surface area contributed by atoms with E-state index in [2.05, 4.69) is 15.2 Å². The molecule has 7 nitrogen and oxygen atoms in total. The quantitative estimate of drug-likeness (QED) is 0.864. The zero-order chi connectivity index (χ0) is 15.8. The van der Waals surface area contributed by atoms with E-state index in [0.717, 1.165) is 62.5 Å². The minimum absolute atomic E-state index is 0.0290. The fourth-order valence-electron chi connectivity index (χ4n) is 3.75. The van der Waals surface area contributed by atoms with Crippen molar-refractivity contribution in [3.8, 4) is 0 Å². The van der Waals surface area contributed by atoms with Crippen molar-refractivity contribution in [2.24, 2.45) is 0 Å². The molecule has 124 valence electrons. The molecular formula is C16H23N5O2. The Balaban J connectivity index is 1.57. The van der Waals surface area contributed by atoms with Gasteiger partial charge < -0.3 is 4.52 Å². The van der Waals surface area contributed by atoms with Crippen molar-refractivity contribution < 1.29 is 4.52 Å². The molecule has 0 aromatic carbocycles. The van der Waals surface area contributed by atoms with Crippen molar-refractivity contribution in [2.45, 2.75) is 64.7 Å². The van der Waals surface area contributed by atoms with Gasteiger partial charge in [0, 0.05) is 25.6 Å². The van der Waals surface area contributed by atoms with Crippen molar-refractivity contribution in [1.82, 2.24) is 24.4 Å². The minimum Gasteiger partial charge on any atom is -0.359 e. The van der Waals surface area contributed by atoms with E-state index in [1.54, 1.807) is 4.68 Å². The van der Waals surface area contributed by atoms with Gasteiger partial charge in [-0.25, -0.2) is 4.79 Å². The molecule has 0 saturated carbocycles. The third-order valence-electron chi connectivity index (χ3n) is 4.94. The standard InChI is InChI=1S/C16H23N5O2/c1-12-10-14(23-18-12)13-6-5-8-19(13)11-21-16(22)20-9-4-2-3-7-15(20)17-21/h10,13H,2-9,11H2,1H3. The van der Waals surface area contributed by atoms with Crippen LogP contribution in [0.3, 0.4) is 0 Å². The molecule has 4 heterocycles. The number of hydrogen-bond donors (Lipinski definition) is 0. The average Bonchev–Trinajstić information content (AvgIpc) is 3.18. The van der Waals surface area contributed by atoms with Crippen LogP contribution < -0.4 is 5.69 Å². The predicted molar refractivity (Wildman–Crippen MR) is 84.0 cm³/mol. The molecular weight excluding hydrogens is 294 g/mol. The van der Waals surface area contributed by atoms with Gasteiger partial charge in [-0.3, -0.25) is 9.47 Å². The Bertz CT molecular complexity index is 744. The van der Waals surface area contributed by atoms with Crippen LogP contribution in [-0.4, -0.2) is 30.9 Å². The summed E-state index contributed by atoms with van der Waals surface area (Å²) in [5, 5.41) is 8.58. The topological polar surface area (TPSA) is 69.1 Å². The summed E-state index contributed by atoms with van der Waals surface area (Å²) < 4.78 is 8.92. The SMILES string of the molecule is Cc1cc(C2CCCN2Cn2nc3n(c2=O)CCCCC3)on1. The van der Waals surface area contributed by atoms with Gasteiger partial charge in [0.05, 0.1) is 18.4 Å². The second-order valence-electron chi connectivity index (χ2n) is 6.64. The monoisotopic (exact) mass is 317 g/mol. The van der Waals surface area contributed by atoms with E-state index in [9.17, 15) is 4.79 Å². The Morgan fingerprint density at radius 1 is 1.26 bits per heavy atom. The molecule has 1 saturated heterocycles. The lowest BCUT2D eigenvalue weighted by atomic mass is 10.1. The molecule has 2 aliphatic rings. The largest absolute Gasteiger partial charge is 0.359 e. The van der Waals surface area contributed by atoms with Crippen LogP contribution in [0.4, 0.5) is 0 Å². The van der Waals surface area contributed by atoms with Gasteiger partial charge in [0.15, 0.2) is 5.76 Å². The van der Waals surface area contributed by atoms with E-state index >= 15 is 0 Å². The molecule has 2 aromatic heterocycles. The van der Waals surface area contributed by atoms with E-state index in [1.807, 2.05) is 17.6 Å². The maximum absolute atomic E-state index is 12.6. The van der Waals surface area contributed by atoms with Crippen LogP contribution in [0.5, 0.6) is 0 Å². The molecule has 1 unspecified atom stereocenters. The van der Waals surface area contributed by atoms with Crippen LogP contribution in [0, 0.1) is 6.92 Å². The third-order valence-corrected chi connectivity index (χ3v) is 4.94. The van der Waals surface area contributed by atoms with Gasteiger partial charge in [0.1, 0.15) is 5.82 Å². The van der Waals surface area contributed by atoms with E-state index < -0.39 is 0 Å². The lowest BCUT2D eigenvalue weighted by molar-refractivity contribution is 0.161. The van der Waals surface area contributed by atoms with Crippen molar-refractivity contribution in [3.05, 3.63) is 33.8 Å². The zero-order valence-corrected chi connectivity index (χ0v) is 13.6. The first-order valence-electron chi connectivity index (χ1n) is 8.56. The number of fused-ring (bicyclic) bond motifs is 1. The van der Waals surface area contributed by atoms with Crippen LogP contribution in [0.1, 0.15) is 55.4 Å². The van der Waals surface area contributed by atoms with Gasteiger partial charge >= 0.3 is 5.69 Å². The van der Waals surface area contributed by atoms with E-state index in [-0.39, 0.29) is 11.7 Å². The fourth-order valence-corrected chi connectivity index (χ4v) is 3.75. The lowest BCUT2D eigenvalue weighted by Gasteiger charge is -2.21. The van der Waals surface area contributed by atoms with Gasteiger partial charge in [0.2, 0.25) is 0 Å². The molecule has 1 fully saturated rings. The first kappa shape index (κ1) is 14.7. The summed E-state index contributed by atoms with van der Waals surface area (Å²) in [5.74, 6) is 1.84. The van der Waals surface area contributed by atoms with Crippen LogP contribution in [0.25, 0.3) is 0 Å². The highest BCUT2D eigenvalue weighted by atomic mass is 16.5. The number of nitrogens with zero attached hydrogens (tertiary/aromatic N) is 5. The highest BCUT2D eigenvalue weighted by Crippen LogP contribution is 2.32. The zero-order valence-electron chi connectivity index (χ0n) is 13.6. The van der Waals surface area contributed by atoms with E-state index in [1.165, 1.54) is 6.42 Å². The Morgan fingerprint density at radius 3 is 3.00 bits per heavy atom. The highest BCUT2D eigenvalue weighted by molar-refractivity contribution is 5.09. The number of hydrogen-bond acceptors (Lipinski definition) is 5. The Hall–Kier alpha value is -1.89. The summed E-state index contributed by atoms with van der Waals surface area (Å²) in [6, 6.07) is 2.19. The van der Waals surface area contributed by atoms with Crippen LogP contribution in [0.2, 0.25) is 0 Å². The Labute approximate surface area is 134 Å². The molecule has 4 rings (SSSR count). The smallest absolute Gasteiger partial charge is 0.347 e. The number of aromatic nitrogens is 4. The highest BCUT2D eigenvalue weighted by Gasteiger charge is 2.30. The normalized spacial score (nSPS) is 22.2. The van der Waals surface area contributed by atoms with Crippen LogP contribution in [-0.2, 0) is 19.6 Å². The Kier molecular flexibility index (Phi) is 3.80. The molecule has 0 N–H and O–H groups in total. The van der Waals surface area contributed by atoms with Crippen molar-refractivity contribution in [2.75, 3.05) is 6.54 Å². The van der Waals surface area contributed by atoms with Crippen molar-refractivity contribution >= 4 is 0 Å². The molecule has 2 aromatic rings. The summed E-state index contributed by atoms with van der Waals surface area (Å²) >= 11 is 0. The van der Waals surface area contributed by atoms with E-state index in [0.29, 0.717) is 6.67 Å². The van der Waals surface area contributed by atoms with Gasteiger partial charge in [-0.05, 0) is 32.6 Å². The second-order valence-corrected chi connectivity index (χ2v) is 6.64. The molecule has 0 radical (unpaired) electrons. The summed E-state index contributed by atoms with van der Waals surface area (Å²) in [5.41, 5.74) is 0.930. The maximum Gasteiger partial charge on any atom is 0.347 e. The molecule has 23 heavy (non-hydrogen) atoms. The van der Waals surface area contributed by atoms with Gasteiger partial charge in [-0.1, -0.05) is 11.6 Å². The third kappa shape index (κ3) is 2.73. The van der Waals surface area contributed by atoms with Gasteiger partial charge in [0.25, 0.3) is 0 Å². The lowest BCUT2D eigenvalue weighted by Crippen LogP contribution is -2.33. The summed E-state index contributed by atoms with van der Waals surface area (Å²) in [4.78, 5) is 14.9.